The molecule has 0 aromatic carbocycles. The number of carbonyl (C=O) groups excluding carboxylic acids is 7. The minimum Gasteiger partial charge on any atom is -0.459 e. The summed E-state index contributed by atoms with van der Waals surface area (Å²) in [5.74, 6) is 1.07. The van der Waals surface area contributed by atoms with Crippen LogP contribution in [0.5, 0.6) is 0 Å². The number of urea groups is 1. The number of carbonyl (C=O) groups is 7. The van der Waals surface area contributed by atoms with Crippen molar-refractivity contribution < 1.29 is 52.9 Å². The van der Waals surface area contributed by atoms with E-state index >= 15 is 0 Å². The van der Waals surface area contributed by atoms with Gasteiger partial charge in [-0.3, -0.25) is 24.0 Å². The standard InChI is InChI=1S/C52H77N5O11S/c1-30-25-38(31(2)34-17-18-35-32-26-42-52(68-42)41(59)20-19-40(58)51(52,4)36(32)21-22-50(34,35)3)67-48(64)33(30)28-66-46(63)27-55-45(62)15-8-6-12-23-53-43(60)14-7-5-11-24-54-44(61)16-10-9-13-39-47-37(29-69-39)56-49(65)57-47/h19-20,31-32,34-39,41-42,47,59H,5-18,21-29H2,1-4H3,(H,53,60)(H,54,61)(H,55,62)(H2,56,57,65)/t31-,32?,34?,35?,36?,37?,38?,39-,41-,42+,47?,50+,51-,52+/m0/s1. The number of thioether (sulfide) groups is 1. The first-order valence-corrected chi connectivity index (χ1v) is 27.2. The summed E-state index contributed by atoms with van der Waals surface area (Å²) in [6.45, 7) is 9.16. The smallest absolute Gasteiger partial charge is 0.337 e. The van der Waals surface area contributed by atoms with Crippen molar-refractivity contribution in [3.8, 4) is 0 Å². The second kappa shape index (κ2) is 21.8. The lowest BCUT2D eigenvalue weighted by atomic mass is 9.44. The Balaban J connectivity index is 0.639. The van der Waals surface area contributed by atoms with Gasteiger partial charge >= 0.3 is 18.0 Å². The molecule has 0 aromatic rings. The van der Waals surface area contributed by atoms with Crippen LogP contribution in [-0.4, -0.2) is 120 Å². The van der Waals surface area contributed by atoms with Gasteiger partial charge < -0.3 is 45.9 Å². The lowest BCUT2D eigenvalue weighted by Gasteiger charge is -2.58. The third kappa shape index (κ3) is 10.7. The molecule has 3 saturated heterocycles. The highest BCUT2D eigenvalue weighted by molar-refractivity contribution is 8.00. The predicted octanol–water partition coefficient (Wildman–Crippen LogP) is 5.10. The van der Waals surface area contributed by atoms with E-state index in [-0.39, 0.29) is 90.7 Å². The van der Waals surface area contributed by atoms with E-state index in [1.54, 1.807) is 12.2 Å². The number of epoxide rings is 1. The summed E-state index contributed by atoms with van der Waals surface area (Å²) in [5.41, 5.74) is -0.285. The lowest BCUT2D eigenvalue weighted by Crippen LogP contribution is -2.63. The number of aliphatic hydroxyl groups is 1. The summed E-state index contributed by atoms with van der Waals surface area (Å²) in [4.78, 5) is 88.0. The van der Waals surface area contributed by atoms with E-state index in [0.29, 0.717) is 67.3 Å². The van der Waals surface area contributed by atoms with E-state index in [9.17, 15) is 38.7 Å². The van der Waals surface area contributed by atoms with E-state index in [4.69, 9.17) is 14.2 Å². The molecule has 0 radical (unpaired) electrons. The first kappa shape index (κ1) is 51.4. The number of allylic oxidation sites excluding steroid dienone is 1. The van der Waals surface area contributed by atoms with Crippen molar-refractivity contribution in [1.29, 1.82) is 0 Å². The van der Waals surface area contributed by atoms with Gasteiger partial charge in [-0.2, -0.15) is 11.8 Å². The van der Waals surface area contributed by atoms with Gasteiger partial charge in [0.15, 0.2) is 5.78 Å². The quantitative estimate of drug-likeness (QED) is 0.0340. The van der Waals surface area contributed by atoms with Gasteiger partial charge in [0.2, 0.25) is 17.7 Å². The minimum atomic E-state index is -0.782. The minimum absolute atomic E-state index is 0.00774. The topological polar surface area (TPSA) is 231 Å². The summed E-state index contributed by atoms with van der Waals surface area (Å²) in [6, 6.07) is 0.349. The summed E-state index contributed by atoms with van der Waals surface area (Å²) >= 11 is 1.89. The molecule has 8 aliphatic rings. The van der Waals surface area contributed by atoms with Crippen LogP contribution in [-0.2, 0) is 43.0 Å². The molecule has 4 heterocycles. The third-order valence-electron chi connectivity index (χ3n) is 18.1. The van der Waals surface area contributed by atoms with Crippen molar-refractivity contribution in [1.82, 2.24) is 26.6 Å². The molecule has 17 heteroatoms. The summed E-state index contributed by atoms with van der Waals surface area (Å²) in [6.07, 6.45) is 15.9. The molecule has 6 N–H and O–H groups in total. The Morgan fingerprint density at radius 3 is 2.26 bits per heavy atom. The Morgan fingerprint density at radius 1 is 0.884 bits per heavy atom. The fraction of sp³-hybridized carbons (Fsp3) is 0.788. The maximum atomic E-state index is 13.5. The number of ketones is 1. The SMILES string of the molecule is CC1=C(COC(=O)CNC(=O)CCCCCNC(=O)CCCCCNC(=O)CCCC[C@@H]2SCC3NC(=O)NC32)C(=O)OC([C@@H](C)C2CCC3C4C[C@H]5O[C@]56[C@@H](O)C=CC(=O)[C@]6(C)C4CC[C@@]32C)C1. The molecular weight excluding hydrogens is 903 g/mol. The Hall–Kier alpha value is -3.96. The van der Waals surface area contributed by atoms with Gasteiger partial charge in [-0.1, -0.05) is 38.7 Å². The van der Waals surface area contributed by atoms with Gasteiger partial charge in [0.25, 0.3) is 0 Å². The van der Waals surface area contributed by atoms with Crippen molar-refractivity contribution >= 4 is 53.2 Å². The summed E-state index contributed by atoms with van der Waals surface area (Å²) in [5, 5.41) is 25.9. The molecule has 7 unspecified atom stereocenters. The van der Waals surface area contributed by atoms with Crippen LogP contribution in [0.2, 0.25) is 0 Å². The van der Waals surface area contributed by atoms with Crippen molar-refractivity contribution in [2.75, 3.05) is 32.0 Å². The van der Waals surface area contributed by atoms with Crippen molar-refractivity contribution in [3.63, 3.8) is 0 Å². The largest absolute Gasteiger partial charge is 0.459 e. The number of hydrogen-bond donors (Lipinski definition) is 6. The molecule has 382 valence electrons. The van der Waals surface area contributed by atoms with Gasteiger partial charge in [-0.25, -0.2) is 9.59 Å². The molecular formula is C52H77N5O11S. The van der Waals surface area contributed by atoms with E-state index in [2.05, 4.69) is 40.4 Å². The maximum absolute atomic E-state index is 13.5. The molecule has 1 spiro atoms. The number of fused-ring (bicyclic) bond motifs is 5. The molecule has 6 fully saturated rings. The van der Waals surface area contributed by atoms with Crippen LogP contribution in [0.3, 0.4) is 0 Å². The fourth-order valence-corrected chi connectivity index (χ4v) is 15.8. The molecule has 0 bridgehead atoms. The second-order valence-corrected chi connectivity index (χ2v) is 23.3. The fourth-order valence-electron chi connectivity index (χ4n) is 14.2. The van der Waals surface area contributed by atoms with E-state index in [0.717, 1.165) is 94.8 Å². The van der Waals surface area contributed by atoms with E-state index in [1.807, 2.05) is 25.6 Å². The van der Waals surface area contributed by atoms with E-state index in [1.165, 1.54) is 0 Å². The van der Waals surface area contributed by atoms with Crippen LogP contribution in [0.4, 0.5) is 4.79 Å². The Kier molecular flexibility index (Phi) is 16.2. The number of rotatable bonds is 23. The van der Waals surface area contributed by atoms with Crippen LogP contribution >= 0.6 is 11.8 Å². The van der Waals surface area contributed by atoms with Gasteiger partial charge in [-0.05, 0) is 132 Å². The number of cyclic esters (lactones) is 1. The van der Waals surface area contributed by atoms with Crippen molar-refractivity contribution in [2.45, 2.75) is 185 Å². The summed E-state index contributed by atoms with van der Waals surface area (Å²) < 4.78 is 17.8. The Bertz CT molecular complexity index is 2050. The van der Waals surface area contributed by atoms with Gasteiger partial charge in [0.05, 0.1) is 29.2 Å². The summed E-state index contributed by atoms with van der Waals surface area (Å²) in [7, 11) is 0. The third-order valence-corrected chi connectivity index (χ3v) is 19.6. The number of unbranched alkanes of at least 4 members (excludes halogenated alkanes) is 5. The first-order valence-electron chi connectivity index (χ1n) is 26.2. The molecule has 69 heavy (non-hydrogen) atoms. The molecule has 3 saturated carbocycles. The maximum Gasteiger partial charge on any atom is 0.337 e. The average molecular weight is 980 g/mol. The molecule has 16 nitrogen and oxygen atoms in total. The monoisotopic (exact) mass is 980 g/mol. The molecule has 4 aliphatic carbocycles. The van der Waals surface area contributed by atoms with Crippen LogP contribution in [0, 0.1) is 40.4 Å². The highest BCUT2D eigenvalue weighted by atomic mass is 32.2. The van der Waals surface area contributed by atoms with Crippen LogP contribution < -0.4 is 26.6 Å². The molecule has 14 atom stereocenters. The Morgan fingerprint density at radius 2 is 1.57 bits per heavy atom. The van der Waals surface area contributed by atoms with Crippen LogP contribution in [0.1, 0.15) is 143 Å². The first-order chi connectivity index (χ1) is 33.1. The highest BCUT2D eigenvalue weighted by Crippen LogP contribution is 2.73. The number of nitrogens with one attached hydrogen (secondary N) is 5. The average Bonchev–Trinajstić information content (AvgIpc) is 3.53. The van der Waals surface area contributed by atoms with Crippen LogP contribution in [0.15, 0.2) is 23.3 Å². The van der Waals surface area contributed by atoms with Gasteiger partial charge in [0, 0.05) is 49.8 Å². The highest BCUT2D eigenvalue weighted by Gasteiger charge is 2.80. The molecule has 5 amide bonds. The zero-order valence-corrected chi connectivity index (χ0v) is 42.0. The lowest BCUT2D eigenvalue weighted by molar-refractivity contribution is -0.156. The van der Waals surface area contributed by atoms with Crippen molar-refractivity contribution in [2.24, 2.45) is 40.4 Å². The molecule has 4 aliphatic heterocycles. The van der Waals surface area contributed by atoms with Gasteiger partial charge in [-0.15, -0.1) is 0 Å². The predicted molar refractivity (Wildman–Crippen MR) is 258 cm³/mol. The van der Waals surface area contributed by atoms with E-state index < -0.39 is 29.1 Å². The number of hydrogen-bond acceptors (Lipinski definition) is 12. The van der Waals surface area contributed by atoms with Crippen molar-refractivity contribution in [3.05, 3.63) is 23.3 Å². The number of ether oxygens (including phenoxy) is 3. The molecule has 8 rings (SSSR count). The Labute approximate surface area is 411 Å². The zero-order chi connectivity index (χ0) is 49.1. The molecule has 0 aromatic heterocycles. The van der Waals surface area contributed by atoms with Gasteiger partial charge in [0.1, 0.15) is 31.0 Å². The zero-order valence-electron chi connectivity index (χ0n) is 41.2. The van der Waals surface area contributed by atoms with Crippen LogP contribution in [0.25, 0.3) is 0 Å². The normalized spacial score (nSPS) is 36.4. The number of aliphatic hydroxyl groups excluding tert-OH is 1. The number of amides is 5. The number of esters is 2. The second-order valence-electron chi connectivity index (χ2n) is 22.0.